The maximum Gasteiger partial charge on any atom is 0.303 e. The summed E-state index contributed by atoms with van der Waals surface area (Å²) in [6.45, 7) is 0.245. The monoisotopic (exact) mass is 403 g/mol. The first-order valence-electron chi connectivity index (χ1n) is 6.30. The highest BCUT2D eigenvalue weighted by atomic mass is 79.9. The molecule has 0 unspecified atom stereocenters. The quantitative estimate of drug-likeness (QED) is 0.600. The molecule has 1 aliphatic rings. The van der Waals surface area contributed by atoms with Crippen molar-refractivity contribution in [3.63, 3.8) is 0 Å². The van der Waals surface area contributed by atoms with Crippen LogP contribution in [0.25, 0.3) is 6.08 Å². The van der Waals surface area contributed by atoms with Gasteiger partial charge in [0, 0.05) is 23.0 Å². The summed E-state index contributed by atoms with van der Waals surface area (Å²) < 4.78 is 14.8. The van der Waals surface area contributed by atoms with Crippen LogP contribution < -0.4 is 0 Å². The highest BCUT2D eigenvalue weighted by Crippen LogP contribution is 2.33. The molecule has 0 aliphatic carbocycles. The molecule has 1 N–H and O–H groups in total. The molecule has 1 heterocycles. The number of halogens is 2. The van der Waals surface area contributed by atoms with Gasteiger partial charge >= 0.3 is 5.97 Å². The largest absolute Gasteiger partial charge is 0.481 e. The zero-order valence-electron chi connectivity index (χ0n) is 11.2. The summed E-state index contributed by atoms with van der Waals surface area (Å²) in [7, 11) is 0. The molecule has 1 saturated heterocycles. The second kappa shape index (κ2) is 7.34. The predicted molar refractivity (Wildman–Crippen MR) is 90.8 cm³/mol. The fourth-order valence-corrected chi connectivity index (χ4v) is 3.53. The maximum absolute atomic E-state index is 13.7. The van der Waals surface area contributed by atoms with E-state index in [4.69, 9.17) is 17.3 Å². The summed E-state index contributed by atoms with van der Waals surface area (Å²) in [5.41, 5.74) is 0.292. The Morgan fingerprint density at radius 3 is 2.91 bits per heavy atom. The summed E-state index contributed by atoms with van der Waals surface area (Å²) in [5.74, 6) is -1.67. The van der Waals surface area contributed by atoms with Crippen molar-refractivity contribution in [2.75, 3.05) is 6.54 Å². The van der Waals surface area contributed by atoms with E-state index in [-0.39, 0.29) is 18.9 Å². The van der Waals surface area contributed by atoms with E-state index in [2.05, 4.69) is 15.9 Å². The van der Waals surface area contributed by atoms with Crippen molar-refractivity contribution in [1.29, 1.82) is 0 Å². The topological polar surface area (TPSA) is 57.6 Å². The lowest BCUT2D eigenvalue weighted by molar-refractivity contribution is -0.137. The molecule has 1 fully saturated rings. The zero-order chi connectivity index (χ0) is 16.3. The van der Waals surface area contributed by atoms with Crippen molar-refractivity contribution >= 4 is 62.2 Å². The van der Waals surface area contributed by atoms with E-state index in [1.807, 2.05) is 0 Å². The second-order valence-corrected chi connectivity index (χ2v) is 7.09. The molecule has 1 aliphatic heterocycles. The molecule has 8 heteroatoms. The summed E-state index contributed by atoms with van der Waals surface area (Å²) in [4.78, 5) is 24.5. The molecule has 1 aromatic rings. The van der Waals surface area contributed by atoms with E-state index in [0.29, 0.717) is 25.7 Å². The Morgan fingerprint density at radius 1 is 1.50 bits per heavy atom. The molecule has 0 atom stereocenters. The minimum atomic E-state index is -0.919. The molecule has 0 aromatic heterocycles. The third-order valence-electron chi connectivity index (χ3n) is 2.89. The molecular formula is C14H11BrFNO3S2. The minimum Gasteiger partial charge on any atom is -0.481 e. The third-order valence-corrected chi connectivity index (χ3v) is 4.76. The smallest absolute Gasteiger partial charge is 0.303 e. The van der Waals surface area contributed by atoms with Crippen LogP contribution in [0.2, 0.25) is 0 Å². The zero-order valence-corrected chi connectivity index (χ0v) is 14.4. The Balaban J connectivity index is 2.15. The van der Waals surface area contributed by atoms with E-state index >= 15 is 0 Å². The number of hydrogen-bond donors (Lipinski definition) is 1. The number of nitrogens with zero attached hydrogens (tertiary/aromatic N) is 1. The van der Waals surface area contributed by atoms with Crippen LogP contribution >= 0.6 is 39.9 Å². The molecular weight excluding hydrogens is 393 g/mol. The van der Waals surface area contributed by atoms with Crippen LogP contribution in [0.3, 0.4) is 0 Å². The molecule has 1 amide bonds. The minimum absolute atomic E-state index is 0.0314. The first kappa shape index (κ1) is 17.1. The summed E-state index contributed by atoms with van der Waals surface area (Å²) >= 11 is 9.47. The van der Waals surface area contributed by atoms with Gasteiger partial charge in [0.15, 0.2) is 0 Å². The van der Waals surface area contributed by atoms with Crippen LogP contribution in [0.4, 0.5) is 4.39 Å². The number of rotatable bonds is 5. The summed E-state index contributed by atoms with van der Waals surface area (Å²) in [6.07, 6.45) is 1.74. The number of benzene rings is 1. The average Bonchev–Trinajstić information content (AvgIpc) is 2.70. The van der Waals surface area contributed by atoms with Crippen LogP contribution in [-0.4, -0.2) is 32.7 Å². The van der Waals surface area contributed by atoms with Gasteiger partial charge in [-0.2, -0.15) is 0 Å². The molecule has 22 heavy (non-hydrogen) atoms. The maximum atomic E-state index is 13.7. The van der Waals surface area contributed by atoms with Crippen LogP contribution in [0.15, 0.2) is 27.6 Å². The lowest BCUT2D eigenvalue weighted by atomic mass is 10.2. The van der Waals surface area contributed by atoms with Crippen molar-refractivity contribution in [3.05, 3.63) is 39.0 Å². The highest BCUT2D eigenvalue weighted by molar-refractivity contribution is 9.10. The average molecular weight is 404 g/mol. The number of hydrogen-bond acceptors (Lipinski definition) is 4. The molecule has 4 nitrogen and oxygen atoms in total. The molecule has 2 rings (SSSR count). The van der Waals surface area contributed by atoms with Gasteiger partial charge in [-0.3, -0.25) is 14.5 Å². The first-order valence-corrected chi connectivity index (χ1v) is 8.32. The number of carbonyl (C=O) groups excluding carboxylic acids is 1. The molecule has 0 saturated carbocycles. The van der Waals surface area contributed by atoms with E-state index in [0.717, 1.165) is 11.8 Å². The van der Waals surface area contributed by atoms with Crippen molar-refractivity contribution in [3.8, 4) is 0 Å². The van der Waals surface area contributed by atoms with E-state index < -0.39 is 11.8 Å². The van der Waals surface area contributed by atoms with Gasteiger partial charge in [-0.05, 0) is 30.7 Å². The van der Waals surface area contributed by atoms with Crippen LogP contribution in [-0.2, 0) is 9.59 Å². The van der Waals surface area contributed by atoms with E-state index in [1.165, 1.54) is 17.0 Å². The van der Waals surface area contributed by atoms with Crippen molar-refractivity contribution in [2.45, 2.75) is 12.8 Å². The van der Waals surface area contributed by atoms with Gasteiger partial charge in [0.1, 0.15) is 10.1 Å². The Labute approximate surface area is 144 Å². The van der Waals surface area contributed by atoms with E-state index in [1.54, 1.807) is 12.1 Å². The first-order chi connectivity index (χ1) is 10.4. The van der Waals surface area contributed by atoms with Gasteiger partial charge in [-0.1, -0.05) is 39.9 Å². The van der Waals surface area contributed by atoms with Gasteiger partial charge in [0.25, 0.3) is 5.91 Å². The van der Waals surface area contributed by atoms with E-state index in [9.17, 15) is 14.0 Å². The lowest BCUT2D eigenvalue weighted by Gasteiger charge is -2.13. The van der Waals surface area contributed by atoms with Gasteiger partial charge in [0.05, 0.1) is 4.91 Å². The number of amides is 1. The third kappa shape index (κ3) is 4.15. The number of thioether (sulfide) groups is 1. The van der Waals surface area contributed by atoms with Crippen molar-refractivity contribution < 1.29 is 19.1 Å². The van der Waals surface area contributed by atoms with Gasteiger partial charge in [-0.15, -0.1) is 0 Å². The number of carbonyl (C=O) groups is 2. The Hall–Kier alpha value is -1.25. The fourth-order valence-electron chi connectivity index (χ4n) is 1.85. The van der Waals surface area contributed by atoms with Gasteiger partial charge < -0.3 is 5.11 Å². The van der Waals surface area contributed by atoms with Crippen LogP contribution in [0, 0.1) is 5.82 Å². The standard InChI is InChI=1S/C14H11BrFNO3S2/c15-9-3-4-10(16)8(6-9)7-11-13(20)17(14(21)22-11)5-1-2-12(18)19/h3-4,6-7H,1-2,5H2,(H,18,19)/b11-7-. The second-order valence-electron chi connectivity index (χ2n) is 4.50. The van der Waals surface area contributed by atoms with Crippen LogP contribution in [0.1, 0.15) is 18.4 Å². The predicted octanol–water partition coefficient (Wildman–Crippen LogP) is 3.65. The molecule has 1 aromatic carbocycles. The normalized spacial score (nSPS) is 16.6. The van der Waals surface area contributed by atoms with Crippen LogP contribution in [0.5, 0.6) is 0 Å². The highest BCUT2D eigenvalue weighted by Gasteiger charge is 2.31. The Bertz CT molecular complexity index is 678. The summed E-state index contributed by atoms with van der Waals surface area (Å²) in [5, 5.41) is 8.62. The molecule has 0 bridgehead atoms. The molecule has 0 radical (unpaired) electrons. The number of carboxylic acid groups (broad SMARTS) is 1. The molecule has 0 spiro atoms. The number of aliphatic carboxylic acids is 1. The Kier molecular flexibility index (Phi) is 5.71. The lowest BCUT2D eigenvalue weighted by Crippen LogP contribution is -2.29. The van der Waals surface area contributed by atoms with Crippen molar-refractivity contribution in [1.82, 2.24) is 4.90 Å². The SMILES string of the molecule is O=C(O)CCCN1C(=O)/C(=C/c2cc(Br)ccc2F)SC1=S. The molecule has 116 valence electrons. The van der Waals surface area contributed by atoms with Gasteiger partial charge in [-0.25, -0.2) is 4.39 Å². The number of carboxylic acids is 1. The van der Waals surface area contributed by atoms with Gasteiger partial charge in [0.2, 0.25) is 0 Å². The Morgan fingerprint density at radius 2 is 2.23 bits per heavy atom. The van der Waals surface area contributed by atoms with Crippen molar-refractivity contribution in [2.24, 2.45) is 0 Å². The fraction of sp³-hybridized carbons (Fsp3) is 0.214. The summed E-state index contributed by atoms with van der Waals surface area (Å²) in [6, 6.07) is 4.46. The number of thiocarbonyl (C=S) groups is 1.